The molecule has 0 radical (unpaired) electrons. The number of carbonyl (C=O) groups is 1. The molecule has 1 fully saturated rings. The number of hydrogen-bond donors (Lipinski definition) is 2. The van der Waals surface area contributed by atoms with Crippen LogP contribution in [0, 0.1) is 0 Å². The van der Waals surface area contributed by atoms with Gasteiger partial charge >= 0.3 is 0 Å². The number of nitrogens with zero attached hydrogens (tertiary/aromatic N) is 1. The molecule has 15 heavy (non-hydrogen) atoms. The van der Waals surface area contributed by atoms with Gasteiger partial charge < -0.3 is 11.1 Å². The van der Waals surface area contributed by atoms with Gasteiger partial charge in [-0.15, -0.1) is 0 Å². The zero-order chi connectivity index (χ0) is 11.6. The smallest absolute Gasteiger partial charge is 0.240 e. The number of hydrogen-bond acceptors (Lipinski definition) is 3. The van der Waals surface area contributed by atoms with Crippen LogP contribution in [0.25, 0.3) is 0 Å². The predicted octanol–water partition coefficient (Wildman–Crippen LogP) is 0.262. The van der Waals surface area contributed by atoms with Gasteiger partial charge in [-0.2, -0.15) is 0 Å². The average Bonchev–Trinajstić information content (AvgIpc) is 2.08. The highest BCUT2D eigenvalue weighted by Gasteiger charge is 2.39. The van der Waals surface area contributed by atoms with Gasteiger partial charge in [0.1, 0.15) is 0 Å². The van der Waals surface area contributed by atoms with E-state index < -0.39 is 5.54 Å². The van der Waals surface area contributed by atoms with Gasteiger partial charge in [0.2, 0.25) is 5.91 Å². The van der Waals surface area contributed by atoms with Crippen LogP contribution in [0.4, 0.5) is 0 Å². The maximum atomic E-state index is 11.7. The molecule has 1 atom stereocenters. The van der Waals surface area contributed by atoms with Crippen molar-refractivity contribution in [3.63, 3.8) is 0 Å². The fourth-order valence-corrected chi connectivity index (χ4v) is 2.33. The molecular weight excluding hydrogens is 210 g/mol. The minimum Gasteiger partial charge on any atom is -0.393 e. The highest BCUT2D eigenvalue weighted by Crippen LogP contribution is 2.21. The first-order valence-electron chi connectivity index (χ1n) is 5.19. The molecule has 0 aromatic carbocycles. The van der Waals surface area contributed by atoms with E-state index >= 15 is 0 Å². The molecule has 1 amide bonds. The van der Waals surface area contributed by atoms with Gasteiger partial charge in [-0.3, -0.25) is 9.69 Å². The first-order valence-corrected chi connectivity index (χ1v) is 5.60. The maximum absolute atomic E-state index is 11.7. The van der Waals surface area contributed by atoms with E-state index in [1.54, 1.807) is 0 Å². The lowest BCUT2D eigenvalue weighted by Gasteiger charge is -2.44. The van der Waals surface area contributed by atoms with Crippen molar-refractivity contribution in [3.05, 3.63) is 0 Å². The van der Waals surface area contributed by atoms with Crippen LogP contribution < -0.4 is 11.1 Å². The second kappa shape index (κ2) is 4.45. The second-order valence-corrected chi connectivity index (χ2v) is 5.05. The highest BCUT2D eigenvalue weighted by atomic mass is 32.1. The molecule has 0 saturated carbocycles. The Labute approximate surface area is 96.2 Å². The van der Waals surface area contributed by atoms with E-state index in [-0.39, 0.29) is 11.9 Å². The summed E-state index contributed by atoms with van der Waals surface area (Å²) in [6.07, 6.45) is 0.659. The van der Waals surface area contributed by atoms with Gasteiger partial charge in [0, 0.05) is 25.6 Å². The maximum Gasteiger partial charge on any atom is 0.240 e. The first-order chi connectivity index (χ1) is 6.85. The van der Waals surface area contributed by atoms with Crippen LogP contribution in [0.2, 0.25) is 0 Å². The minimum absolute atomic E-state index is 0.0727. The van der Waals surface area contributed by atoms with Crippen LogP contribution in [0.15, 0.2) is 0 Å². The average molecular weight is 229 g/mol. The van der Waals surface area contributed by atoms with Gasteiger partial charge in [0.25, 0.3) is 0 Å². The molecule has 0 spiro atoms. The first kappa shape index (κ1) is 12.4. The lowest BCUT2D eigenvalue weighted by molar-refractivity contribution is -0.136. The molecule has 4 nitrogen and oxygen atoms in total. The lowest BCUT2D eigenvalue weighted by atomic mass is 9.96. The third-order valence-electron chi connectivity index (χ3n) is 2.94. The molecule has 0 aromatic rings. The van der Waals surface area contributed by atoms with Crippen molar-refractivity contribution in [1.29, 1.82) is 0 Å². The topological polar surface area (TPSA) is 58.4 Å². The lowest BCUT2D eigenvalue weighted by Crippen LogP contribution is -2.64. The highest BCUT2D eigenvalue weighted by molar-refractivity contribution is 7.80. The molecule has 3 N–H and O–H groups in total. The fourth-order valence-electron chi connectivity index (χ4n) is 2.09. The summed E-state index contributed by atoms with van der Waals surface area (Å²) in [6, 6.07) is 0.212. The van der Waals surface area contributed by atoms with Crippen molar-refractivity contribution in [1.82, 2.24) is 10.2 Å². The summed E-state index contributed by atoms with van der Waals surface area (Å²) in [4.78, 5) is 14.4. The normalized spacial score (nSPS) is 23.3. The van der Waals surface area contributed by atoms with E-state index in [0.29, 0.717) is 18.0 Å². The zero-order valence-electron chi connectivity index (χ0n) is 9.54. The molecule has 1 saturated heterocycles. The molecule has 0 aliphatic carbocycles. The van der Waals surface area contributed by atoms with Gasteiger partial charge in [-0.1, -0.05) is 12.2 Å². The molecule has 1 aliphatic rings. The summed E-state index contributed by atoms with van der Waals surface area (Å²) < 4.78 is 0. The Kier molecular flexibility index (Phi) is 3.67. The van der Waals surface area contributed by atoms with Crippen LogP contribution in [0.5, 0.6) is 0 Å². The van der Waals surface area contributed by atoms with Crippen molar-refractivity contribution in [2.24, 2.45) is 5.73 Å². The molecule has 1 aliphatic heterocycles. The summed E-state index contributed by atoms with van der Waals surface area (Å²) in [7, 11) is 0. The van der Waals surface area contributed by atoms with Crippen molar-refractivity contribution in [2.75, 3.05) is 13.1 Å². The second-order valence-electron chi connectivity index (χ2n) is 4.53. The van der Waals surface area contributed by atoms with E-state index in [1.807, 2.05) is 13.8 Å². The van der Waals surface area contributed by atoms with Gasteiger partial charge in [0.15, 0.2) is 0 Å². The summed E-state index contributed by atoms with van der Waals surface area (Å²) in [5.74, 6) is 0.0727. The summed E-state index contributed by atoms with van der Waals surface area (Å²) >= 11 is 4.90. The quantitative estimate of drug-likeness (QED) is 0.682. The fraction of sp³-hybridized carbons (Fsp3) is 0.800. The Balaban J connectivity index is 2.74. The largest absolute Gasteiger partial charge is 0.393 e. The summed E-state index contributed by atoms with van der Waals surface area (Å²) in [5.41, 5.74) is 5.06. The van der Waals surface area contributed by atoms with E-state index in [2.05, 4.69) is 17.1 Å². The molecule has 0 bridgehead atoms. The number of piperazine rings is 1. The molecule has 1 heterocycles. The Morgan fingerprint density at radius 2 is 2.33 bits per heavy atom. The minimum atomic E-state index is -0.470. The van der Waals surface area contributed by atoms with Gasteiger partial charge in [-0.05, 0) is 20.8 Å². The van der Waals surface area contributed by atoms with Crippen LogP contribution in [-0.4, -0.2) is 40.5 Å². The van der Waals surface area contributed by atoms with Gasteiger partial charge in [0.05, 0.1) is 10.5 Å². The number of nitrogens with one attached hydrogen (secondary N) is 1. The Bertz CT molecular complexity index is 278. The van der Waals surface area contributed by atoms with Crippen molar-refractivity contribution in [3.8, 4) is 0 Å². The molecule has 1 rings (SSSR count). The van der Waals surface area contributed by atoms with E-state index in [1.165, 1.54) is 0 Å². The number of thiocarbonyl (C=S) groups is 1. The Morgan fingerprint density at radius 3 is 2.87 bits per heavy atom. The molecule has 86 valence electrons. The van der Waals surface area contributed by atoms with Crippen molar-refractivity contribution >= 4 is 23.1 Å². The van der Waals surface area contributed by atoms with Crippen LogP contribution in [0.3, 0.4) is 0 Å². The third kappa shape index (κ3) is 2.66. The third-order valence-corrected chi connectivity index (χ3v) is 3.11. The van der Waals surface area contributed by atoms with Crippen molar-refractivity contribution in [2.45, 2.75) is 38.8 Å². The molecule has 0 aromatic heterocycles. The number of carbonyl (C=O) groups excluding carboxylic acids is 1. The SMILES string of the molecule is CC(CC(N)=S)N1CCNC(=O)C1(C)C. The zero-order valence-corrected chi connectivity index (χ0v) is 10.4. The predicted molar refractivity (Wildman–Crippen MR) is 64.7 cm³/mol. The Hall–Kier alpha value is -0.680. The van der Waals surface area contributed by atoms with Crippen molar-refractivity contribution < 1.29 is 4.79 Å². The number of nitrogens with two attached hydrogens (primary N) is 1. The van der Waals surface area contributed by atoms with Crippen LogP contribution >= 0.6 is 12.2 Å². The molecular formula is C10H19N3OS. The van der Waals surface area contributed by atoms with E-state index in [9.17, 15) is 4.79 Å². The van der Waals surface area contributed by atoms with Crippen LogP contribution in [0.1, 0.15) is 27.2 Å². The number of amides is 1. The monoisotopic (exact) mass is 229 g/mol. The molecule has 1 unspecified atom stereocenters. The standard InChI is InChI=1S/C10H19N3OS/c1-7(6-8(11)15)13-5-4-12-9(14)10(13,2)3/h7H,4-6H2,1-3H3,(H2,11,15)(H,12,14). The van der Waals surface area contributed by atoms with E-state index in [0.717, 1.165) is 6.54 Å². The molecule has 5 heteroatoms. The van der Waals surface area contributed by atoms with Gasteiger partial charge in [-0.25, -0.2) is 0 Å². The summed E-state index contributed by atoms with van der Waals surface area (Å²) in [6.45, 7) is 7.46. The van der Waals surface area contributed by atoms with E-state index in [4.69, 9.17) is 18.0 Å². The Morgan fingerprint density at radius 1 is 1.73 bits per heavy atom. The summed E-state index contributed by atoms with van der Waals surface area (Å²) in [5, 5.41) is 2.87. The number of rotatable bonds is 3. The van der Waals surface area contributed by atoms with Crippen LogP contribution in [-0.2, 0) is 4.79 Å².